The molecule has 1 amide bonds. The summed E-state index contributed by atoms with van der Waals surface area (Å²) in [7, 11) is 0. The van der Waals surface area contributed by atoms with Gasteiger partial charge in [-0.25, -0.2) is 4.39 Å². The number of rotatable bonds is 5. The topological polar surface area (TPSA) is 52.9 Å². The molecule has 0 unspecified atom stereocenters. The summed E-state index contributed by atoms with van der Waals surface area (Å²) in [5.74, 6) is -0.799. The summed E-state index contributed by atoms with van der Waals surface area (Å²) in [6.07, 6.45) is 1.96. The fraction of sp³-hybridized carbons (Fsp3) is 0.333. The number of nitrogens with one attached hydrogen (secondary N) is 1. The molecule has 0 bridgehead atoms. The van der Waals surface area contributed by atoms with E-state index < -0.39 is 5.82 Å². The minimum absolute atomic E-state index is 0.0968. The Balaban J connectivity index is 2.45. The molecular weight excluding hydrogens is 243 g/mol. The van der Waals surface area contributed by atoms with Crippen LogP contribution in [-0.2, 0) is 0 Å². The van der Waals surface area contributed by atoms with E-state index in [-0.39, 0.29) is 16.5 Å². The Bertz CT molecular complexity index is 443. The van der Waals surface area contributed by atoms with Gasteiger partial charge in [0.2, 0.25) is 0 Å². The third kappa shape index (κ3) is 4.41. The third-order valence-electron chi connectivity index (χ3n) is 2.18. The summed E-state index contributed by atoms with van der Waals surface area (Å²) in [5.41, 5.74) is 0.258. The van der Waals surface area contributed by atoms with Gasteiger partial charge in [-0.2, -0.15) is 5.26 Å². The van der Waals surface area contributed by atoms with Gasteiger partial charge in [0, 0.05) is 13.0 Å². The van der Waals surface area contributed by atoms with Crippen LogP contribution in [0.15, 0.2) is 18.2 Å². The number of nitrogens with zero attached hydrogens (tertiary/aromatic N) is 1. The van der Waals surface area contributed by atoms with Crippen molar-refractivity contribution in [2.75, 3.05) is 6.54 Å². The first-order valence-corrected chi connectivity index (χ1v) is 5.63. The lowest BCUT2D eigenvalue weighted by Gasteiger charge is -2.06. The molecule has 0 heterocycles. The number of carbonyl (C=O) groups is 1. The first-order chi connectivity index (χ1) is 8.15. The maximum absolute atomic E-state index is 12.8. The largest absolute Gasteiger partial charge is 0.352 e. The number of halogens is 2. The van der Waals surface area contributed by atoms with Crippen LogP contribution in [0, 0.1) is 17.1 Å². The van der Waals surface area contributed by atoms with Crippen molar-refractivity contribution in [3.8, 4) is 6.07 Å². The van der Waals surface area contributed by atoms with Crippen LogP contribution in [0.1, 0.15) is 29.6 Å². The standard InChI is InChI=1S/C12H12ClFN2O/c13-11-8-9(14)4-5-10(11)12(17)16-7-3-1-2-6-15/h4-5,8H,1-3,7H2,(H,16,17). The zero-order chi connectivity index (χ0) is 12.7. The van der Waals surface area contributed by atoms with E-state index in [0.29, 0.717) is 13.0 Å². The SMILES string of the molecule is N#CCCCCNC(=O)c1ccc(F)cc1Cl. The van der Waals surface area contributed by atoms with Crippen LogP contribution < -0.4 is 5.32 Å². The molecule has 0 aliphatic rings. The first kappa shape index (κ1) is 13.5. The summed E-state index contributed by atoms with van der Waals surface area (Å²) < 4.78 is 12.8. The Labute approximate surface area is 104 Å². The lowest BCUT2D eigenvalue weighted by molar-refractivity contribution is 0.0953. The molecule has 0 saturated carbocycles. The van der Waals surface area contributed by atoms with Gasteiger partial charge in [-0.15, -0.1) is 0 Å². The van der Waals surface area contributed by atoms with Crippen molar-refractivity contribution >= 4 is 17.5 Å². The summed E-state index contributed by atoms with van der Waals surface area (Å²) in [6, 6.07) is 5.67. The van der Waals surface area contributed by atoms with E-state index >= 15 is 0 Å². The molecule has 1 N–H and O–H groups in total. The summed E-state index contributed by atoms with van der Waals surface area (Å²) >= 11 is 5.74. The van der Waals surface area contributed by atoms with E-state index in [1.54, 1.807) is 0 Å². The highest BCUT2D eigenvalue weighted by molar-refractivity contribution is 6.33. The van der Waals surface area contributed by atoms with Crippen LogP contribution in [0.3, 0.4) is 0 Å². The van der Waals surface area contributed by atoms with Crippen molar-refractivity contribution in [3.63, 3.8) is 0 Å². The van der Waals surface area contributed by atoms with Crippen molar-refractivity contribution in [1.82, 2.24) is 5.32 Å². The quantitative estimate of drug-likeness (QED) is 0.822. The molecule has 1 rings (SSSR count). The molecule has 90 valence electrons. The normalized spacial score (nSPS) is 9.71. The van der Waals surface area contributed by atoms with Gasteiger partial charge in [0.15, 0.2) is 0 Å². The molecule has 0 radical (unpaired) electrons. The van der Waals surface area contributed by atoms with Crippen molar-refractivity contribution in [2.45, 2.75) is 19.3 Å². The summed E-state index contributed by atoms with van der Waals surface area (Å²) in [6.45, 7) is 0.480. The smallest absolute Gasteiger partial charge is 0.252 e. The Kier molecular flexibility index (Phi) is 5.44. The number of unbranched alkanes of at least 4 members (excludes halogenated alkanes) is 2. The fourth-order valence-corrected chi connectivity index (χ4v) is 1.55. The fourth-order valence-electron chi connectivity index (χ4n) is 1.30. The molecule has 0 aliphatic heterocycles. The zero-order valence-electron chi connectivity index (χ0n) is 9.17. The molecule has 1 aromatic carbocycles. The Hall–Kier alpha value is -1.60. The minimum atomic E-state index is -0.472. The molecule has 17 heavy (non-hydrogen) atoms. The zero-order valence-corrected chi connectivity index (χ0v) is 9.93. The van der Waals surface area contributed by atoms with Gasteiger partial charge in [-0.1, -0.05) is 11.6 Å². The number of nitriles is 1. The first-order valence-electron chi connectivity index (χ1n) is 5.25. The maximum atomic E-state index is 12.8. The predicted molar refractivity (Wildman–Crippen MR) is 63.2 cm³/mol. The van der Waals surface area contributed by atoms with Crippen LogP contribution in [0.2, 0.25) is 5.02 Å². The van der Waals surface area contributed by atoms with E-state index in [1.165, 1.54) is 12.1 Å². The van der Waals surface area contributed by atoms with E-state index in [4.69, 9.17) is 16.9 Å². The number of benzene rings is 1. The van der Waals surface area contributed by atoms with Gasteiger partial charge in [0.05, 0.1) is 16.7 Å². The predicted octanol–water partition coefficient (Wildman–Crippen LogP) is 2.90. The molecule has 0 spiro atoms. The van der Waals surface area contributed by atoms with Crippen LogP contribution in [0.25, 0.3) is 0 Å². The summed E-state index contributed by atoms with van der Waals surface area (Å²) in [4.78, 5) is 11.6. The lowest BCUT2D eigenvalue weighted by atomic mass is 10.2. The molecule has 0 fully saturated rings. The van der Waals surface area contributed by atoms with Gasteiger partial charge in [-0.3, -0.25) is 4.79 Å². The number of carbonyl (C=O) groups excluding carboxylic acids is 1. The molecule has 0 aromatic heterocycles. The van der Waals surface area contributed by atoms with Crippen molar-refractivity contribution < 1.29 is 9.18 Å². The maximum Gasteiger partial charge on any atom is 0.252 e. The molecule has 3 nitrogen and oxygen atoms in total. The second kappa shape index (κ2) is 6.87. The monoisotopic (exact) mass is 254 g/mol. The Morgan fingerprint density at radius 1 is 1.47 bits per heavy atom. The average molecular weight is 255 g/mol. The van der Waals surface area contributed by atoms with Crippen LogP contribution in [-0.4, -0.2) is 12.5 Å². The van der Waals surface area contributed by atoms with Gasteiger partial charge in [-0.05, 0) is 31.0 Å². The number of hydrogen-bond donors (Lipinski definition) is 1. The molecule has 0 saturated heterocycles. The highest BCUT2D eigenvalue weighted by Gasteiger charge is 2.09. The molecule has 1 aromatic rings. The molecule has 0 atom stereocenters. The van der Waals surface area contributed by atoms with E-state index in [9.17, 15) is 9.18 Å². The van der Waals surface area contributed by atoms with Crippen molar-refractivity contribution in [2.24, 2.45) is 0 Å². The highest BCUT2D eigenvalue weighted by Crippen LogP contribution is 2.16. The Morgan fingerprint density at radius 2 is 2.24 bits per heavy atom. The third-order valence-corrected chi connectivity index (χ3v) is 2.49. The Morgan fingerprint density at radius 3 is 2.88 bits per heavy atom. The number of amides is 1. The lowest BCUT2D eigenvalue weighted by Crippen LogP contribution is -2.24. The van der Waals surface area contributed by atoms with E-state index in [1.807, 2.05) is 6.07 Å². The van der Waals surface area contributed by atoms with Crippen molar-refractivity contribution in [3.05, 3.63) is 34.6 Å². The highest BCUT2D eigenvalue weighted by atomic mass is 35.5. The van der Waals surface area contributed by atoms with E-state index in [0.717, 1.165) is 18.9 Å². The molecule has 5 heteroatoms. The van der Waals surface area contributed by atoms with Crippen molar-refractivity contribution in [1.29, 1.82) is 5.26 Å². The van der Waals surface area contributed by atoms with Gasteiger partial charge in [0.25, 0.3) is 5.91 Å². The minimum Gasteiger partial charge on any atom is -0.352 e. The van der Waals surface area contributed by atoms with E-state index in [2.05, 4.69) is 5.32 Å². The molecular formula is C12H12ClFN2O. The van der Waals surface area contributed by atoms with Gasteiger partial charge >= 0.3 is 0 Å². The summed E-state index contributed by atoms with van der Waals surface area (Å²) in [5, 5.41) is 11.1. The average Bonchev–Trinajstić information content (AvgIpc) is 2.28. The van der Waals surface area contributed by atoms with Gasteiger partial charge in [0.1, 0.15) is 5.82 Å². The van der Waals surface area contributed by atoms with Crippen LogP contribution in [0.4, 0.5) is 4.39 Å². The van der Waals surface area contributed by atoms with Crippen LogP contribution >= 0.6 is 11.6 Å². The number of hydrogen-bond acceptors (Lipinski definition) is 2. The van der Waals surface area contributed by atoms with Crippen LogP contribution in [0.5, 0.6) is 0 Å². The second-order valence-electron chi connectivity index (χ2n) is 3.50. The van der Waals surface area contributed by atoms with Gasteiger partial charge < -0.3 is 5.32 Å². The molecule has 0 aliphatic carbocycles. The second-order valence-corrected chi connectivity index (χ2v) is 3.90.